The van der Waals surface area contributed by atoms with Gasteiger partial charge in [0.05, 0.1) is 19.6 Å². The maximum absolute atomic E-state index is 12.8. The Morgan fingerprint density at radius 2 is 1.75 bits per heavy atom. The number of allylic oxidation sites excluding steroid dienone is 3. The van der Waals surface area contributed by atoms with E-state index in [9.17, 15) is 29.1 Å². The van der Waals surface area contributed by atoms with E-state index in [-0.39, 0.29) is 39.0 Å². The SMILES string of the molecule is CCCC(C)(O)NCC(=O)NCC(=O)N[C@@H](CC1=CC=CCC1)C(=O)NCC(=O)NCCCC(N)=O. The summed E-state index contributed by atoms with van der Waals surface area (Å²) in [5.41, 5.74) is 4.84. The molecule has 12 heteroatoms. The van der Waals surface area contributed by atoms with Gasteiger partial charge in [-0.25, -0.2) is 0 Å². The molecule has 0 aromatic rings. The fourth-order valence-electron chi connectivity index (χ4n) is 3.47. The number of carbonyl (C=O) groups is 5. The van der Waals surface area contributed by atoms with E-state index in [2.05, 4.69) is 26.6 Å². The Hall–Kier alpha value is -3.25. The van der Waals surface area contributed by atoms with Gasteiger partial charge in [-0.3, -0.25) is 29.3 Å². The number of amides is 5. The first kappa shape index (κ1) is 30.8. The van der Waals surface area contributed by atoms with E-state index < -0.39 is 41.3 Å². The predicted octanol–water partition coefficient (Wildman–Crippen LogP) is -1.15. The van der Waals surface area contributed by atoms with Crippen LogP contribution in [0.1, 0.15) is 58.8 Å². The van der Waals surface area contributed by atoms with Crippen LogP contribution >= 0.6 is 0 Å². The van der Waals surface area contributed by atoms with Gasteiger partial charge in [-0.1, -0.05) is 37.1 Å². The van der Waals surface area contributed by atoms with Gasteiger partial charge < -0.3 is 32.1 Å². The van der Waals surface area contributed by atoms with Crippen molar-refractivity contribution >= 4 is 29.5 Å². The Bertz CT molecular complexity index is 839. The average molecular weight is 509 g/mol. The van der Waals surface area contributed by atoms with E-state index in [1.165, 1.54) is 0 Å². The van der Waals surface area contributed by atoms with Crippen molar-refractivity contribution in [3.63, 3.8) is 0 Å². The number of primary amides is 1. The Balaban J connectivity index is 2.57. The van der Waals surface area contributed by atoms with E-state index in [1.807, 2.05) is 25.2 Å². The minimum absolute atomic E-state index is 0.148. The van der Waals surface area contributed by atoms with E-state index in [0.29, 0.717) is 12.8 Å². The molecule has 0 aliphatic heterocycles. The summed E-state index contributed by atoms with van der Waals surface area (Å²) in [7, 11) is 0. The van der Waals surface area contributed by atoms with Crippen molar-refractivity contribution in [2.45, 2.75) is 70.6 Å². The monoisotopic (exact) mass is 508 g/mol. The summed E-state index contributed by atoms with van der Waals surface area (Å²) >= 11 is 0. The number of hydrogen-bond donors (Lipinski definition) is 7. The summed E-state index contributed by atoms with van der Waals surface area (Å²) in [6.45, 7) is 2.92. The zero-order valence-electron chi connectivity index (χ0n) is 21.2. The third-order valence-electron chi connectivity index (χ3n) is 5.38. The summed E-state index contributed by atoms with van der Waals surface area (Å²) in [5, 5.41) is 23.0. The van der Waals surface area contributed by atoms with Crippen LogP contribution in [0.5, 0.6) is 0 Å². The molecule has 1 rings (SSSR count). The molecule has 0 radical (unpaired) electrons. The van der Waals surface area contributed by atoms with Gasteiger partial charge in [-0.2, -0.15) is 0 Å². The molecule has 0 aromatic carbocycles. The van der Waals surface area contributed by atoms with Crippen molar-refractivity contribution in [3.8, 4) is 0 Å². The summed E-state index contributed by atoms with van der Waals surface area (Å²) in [6.07, 6.45) is 9.35. The highest BCUT2D eigenvalue weighted by Crippen LogP contribution is 2.17. The first-order chi connectivity index (χ1) is 17.0. The molecule has 5 amide bonds. The van der Waals surface area contributed by atoms with E-state index in [4.69, 9.17) is 5.73 Å². The Labute approximate surface area is 211 Å². The van der Waals surface area contributed by atoms with Gasteiger partial charge >= 0.3 is 0 Å². The molecule has 36 heavy (non-hydrogen) atoms. The molecule has 0 spiro atoms. The predicted molar refractivity (Wildman–Crippen MR) is 134 cm³/mol. The van der Waals surface area contributed by atoms with Gasteiger partial charge in [0.15, 0.2) is 0 Å². The maximum atomic E-state index is 12.8. The molecule has 0 fully saturated rings. The summed E-state index contributed by atoms with van der Waals surface area (Å²) in [4.78, 5) is 59.9. The molecule has 2 atom stereocenters. The van der Waals surface area contributed by atoms with Gasteiger partial charge in [-0.15, -0.1) is 0 Å². The smallest absolute Gasteiger partial charge is 0.243 e. The first-order valence-corrected chi connectivity index (χ1v) is 12.2. The van der Waals surface area contributed by atoms with Gasteiger partial charge in [0.2, 0.25) is 29.5 Å². The number of nitrogens with two attached hydrogens (primary N) is 1. The Morgan fingerprint density at radius 3 is 2.39 bits per heavy atom. The third-order valence-corrected chi connectivity index (χ3v) is 5.38. The molecule has 8 N–H and O–H groups in total. The van der Waals surface area contributed by atoms with Crippen LogP contribution in [0.4, 0.5) is 0 Å². The quantitative estimate of drug-likeness (QED) is 0.0952. The fraction of sp³-hybridized carbons (Fsp3) is 0.625. The highest BCUT2D eigenvalue weighted by Gasteiger charge is 2.24. The van der Waals surface area contributed by atoms with Crippen LogP contribution in [-0.2, 0) is 24.0 Å². The van der Waals surface area contributed by atoms with E-state index in [1.54, 1.807) is 6.92 Å². The van der Waals surface area contributed by atoms with Gasteiger partial charge in [0, 0.05) is 13.0 Å². The fourth-order valence-corrected chi connectivity index (χ4v) is 3.47. The van der Waals surface area contributed by atoms with Crippen LogP contribution in [-0.4, -0.2) is 72.6 Å². The maximum Gasteiger partial charge on any atom is 0.243 e. The van der Waals surface area contributed by atoms with E-state index in [0.717, 1.165) is 24.8 Å². The van der Waals surface area contributed by atoms with Crippen molar-refractivity contribution in [1.82, 2.24) is 26.6 Å². The van der Waals surface area contributed by atoms with Gasteiger partial charge in [0.25, 0.3) is 0 Å². The summed E-state index contributed by atoms with van der Waals surface area (Å²) in [5.74, 6) is -2.47. The number of carbonyl (C=O) groups excluding carboxylic acids is 5. The lowest BCUT2D eigenvalue weighted by atomic mass is 9.97. The second kappa shape index (κ2) is 16.4. The standard InChI is InChI=1S/C24H40N6O6/c1-3-11-24(2,36)29-16-21(33)27-15-22(34)30-18(13-17-8-5-4-6-9-17)23(35)28-14-20(32)26-12-7-10-19(25)31/h4-5,8,18,29,36H,3,6-7,9-16H2,1-2H3,(H2,25,31)(H,26,32)(H,27,33)(H,28,35)(H,30,34)/t18-,24?/m0/s1. The van der Waals surface area contributed by atoms with Crippen LogP contribution in [0, 0.1) is 0 Å². The molecule has 12 nitrogen and oxygen atoms in total. The largest absolute Gasteiger partial charge is 0.376 e. The molecule has 0 aromatic heterocycles. The van der Waals surface area contributed by atoms with Crippen LogP contribution in [0.15, 0.2) is 23.8 Å². The van der Waals surface area contributed by atoms with Crippen LogP contribution < -0.4 is 32.3 Å². The van der Waals surface area contributed by atoms with E-state index >= 15 is 0 Å². The second-order valence-corrected chi connectivity index (χ2v) is 8.91. The lowest BCUT2D eigenvalue weighted by molar-refractivity contribution is -0.131. The van der Waals surface area contributed by atoms with Crippen LogP contribution in [0.25, 0.3) is 0 Å². The van der Waals surface area contributed by atoms with Crippen molar-refractivity contribution in [2.75, 3.05) is 26.2 Å². The van der Waals surface area contributed by atoms with Crippen molar-refractivity contribution < 1.29 is 29.1 Å². The normalized spacial score (nSPS) is 15.1. The van der Waals surface area contributed by atoms with Crippen LogP contribution in [0.2, 0.25) is 0 Å². The topological polar surface area (TPSA) is 192 Å². The minimum atomic E-state index is -1.19. The zero-order valence-corrected chi connectivity index (χ0v) is 21.2. The van der Waals surface area contributed by atoms with Crippen LogP contribution in [0.3, 0.4) is 0 Å². The molecule has 1 aliphatic carbocycles. The molecule has 0 saturated carbocycles. The first-order valence-electron chi connectivity index (χ1n) is 12.2. The average Bonchev–Trinajstić information content (AvgIpc) is 2.82. The van der Waals surface area contributed by atoms with Crippen molar-refractivity contribution in [3.05, 3.63) is 23.8 Å². The van der Waals surface area contributed by atoms with Crippen molar-refractivity contribution in [1.29, 1.82) is 0 Å². The number of nitrogens with one attached hydrogen (secondary N) is 5. The summed E-state index contributed by atoms with van der Waals surface area (Å²) in [6, 6.07) is -0.932. The molecular formula is C24H40N6O6. The van der Waals surface area contributed by atoms with Crippen molar-refractivity contribution in [2.24, 2.45) is 5.73 Å². The molecule has 0 saturated heterocycles. The number of aliphatic hydroxyl groups is 1. The highest BCUT2D eigenvalue weighted by molar-refractivity contribution is 5.92. The lowest BCUT2D eigenvalue weighted by Crippen LogP contribution is -2.52. The zero-order chi connectivity index (χ0) is 27.0. The number of hydrogen-bond acceptors (Lipinski definition) is 7. The molecule has 0 bridgehead atoms. The molecular weight excluding hydrogens is 468 g/mol. The third kappa shape index (κ3) is 14.2. The van der Waals surface area contributed by atoms with Gasteiger partial charge in [-0.05, 0) is 39.0 Å². The summed E-state index contributed by atoms with van der Waals surface area (Å²) < 4.78 is 0. The number of rotatable bonds is 17. The molecule has 0 heterocycles. The second-order valence-electron chi connectivity index (χ2n) is 8.91. The molecule has 202 valence electrons. The Morgan fingerprint density at radius 1 is 1.06 bits per heavy atom. The highest BCUT2D eigenvalue weighted by atomic mass is 16.3. The Kier molecular flexibility index (Phi) is 14.0. The molecule has 1 unspecified atom stereocenters. The molecule has 1 aliphatic rings. The minimum Gasteiger partial charge on any atom is -0.376 e. The van der Waals surface area contributed by atoms with Gasteiger partial charge in [0.1, 0.15) is 11.8 Å². The lowest BCUT2D eigenvalue weighted by Gasteiger charge is -2.24.